The summed E-state index contributed by atoms with van der Waals surface area (Å²) in [5.41, 5.74) is 3.68. The molecule has 0 amide bonds. The van der Waals surface area contributed by atoms with Gasteiger partial charge in [0.2, 0.25) is 5.78 Å². The molecule has 0 N–H and O–H groups in total. The number of Topliss-reactive ketones (excluding diaryl/α,β-unsaturated/α-hetero) is 1. The summed E-state index contributed by atoms with van der Waals surface area (Å²) in [7, 11) is -1.19. The zero-order valence-corrected chi connectivity index (χ0v) is 21.2. The van der Waals surface area contributed by atoms with Crippen LogP contribution in [0.25, 0.3) is 5.57 Å². The van der Waals surface area contributed by atoms with Gasteiger partial charge in [0.25, 0.3) is 0 Å². The number of ketones is 1. The zero-order valence-electron chi connectivity index (χ0n) is 18.6. The Labute approximate surface area is 194 Å². The van der Waals surface area contributed by atoms with Crippen LogP contribution in [0, 0.1) is 11.3 Å². The van der Waals surface area contributed by atoms with Crippen LogP contribution >= 0.6 is 15.9 Å². The first-order valence-electron chi connectivity index (χ1n) is 10.8. The van der Waals surface area contributed by atoms with E-state index in [1.807, 2.05) is 18.2 Å². The smallest absolute Gasteiger partial charge is 0.202 e. The Hall–Kier alpha value is -2.01. The number of benzene rings is 1. The van der Waals surface area contributed by atoms with Gasteiger partial charge >= 0.3 is 0 Å². The van der Waals surface area contributed by atoms with Crippen molar-refractivity contribution in [2.75, 3.05) is 6.61 Å². The molecule has 0 fully saturated rings. The second kappa shape index (κ2) is 10.5. The lowest BCUT2D eigenvalue weighted by molar-refractivity contribution is 0.0799. The SMILES string of the molecule is C[Si](C)(C)CCOCn1cc(C#N)nc1C(=O)Cc1ccc(Br)cc1C1=CCCCC1. The van der Waals surface area contributed by atoms with Gasteiger partial charge in [0.1, 0.15) is 12.8 Å². The zero-order chi connectivity index (χ0) is 22.4. The number of hydrogen-bond acceptors (Lipinski definition) is 4. The van der Waals surface area contributed by atoms with Crippen LogP contribution in [-0.4, -0.2) is 30.0 Å². The Morgan fingerprint density at radius 1 is 1.32 bits per heavy atom. The summed E-state index contributed by atoms with van der Waals surface area (Å²) < 4.78 is 8.49. The molecule has 1 aromatic carbocycles. The fourth-order valence-electron chi connectivity index (χ4n) is 3.67. The number of aromatic nitrogens is 2. The van der Waals surface area contributed by atoms with Crippen molar-refractivity contribution in [2.24, 2.45) is 0 Å². The molecule has 0 spiro atoms. The van der Waals surface area contributed by atoms with E-state index in [0.717, 1.165) is 34.5 Å². The van der Waals surface area contributed by atoms with E-state index >= 15 is 0 Å². The van der Waals surface area contributed by atoms with E-state index < -0.39 is 8.07 Å². The molecule has 0 saturated carbocycles. The largest absolute Gasteiger partial charge is 0.361 e. The summed E-state index contributed by atoms with van der Waals surface area (Å²) in [6, 6.07) is 9.18. The lowest BCUT2D eigenvalue weighted by atomic mass is 9.89. The van der Waals surface area contributed by atoms with Gasteiger partial charge in [-0.1, -0.05) is 47.7 Å². The third kappa shape index (κ3) is 6.73. The van der Waals surface area contributed by atoms with Crippen molar-refractivity contribution < 1.29 is 9.53 Å². The highest BCUT2D eigenvalue weighted by molar-refractivity contribution is 9.10. The van der Waals surface area contributed by atoms with Gasteiger partial charge in [-0.3, -0.25) is 4.79 Å². The molecule has 0 atom stereocenters. The first kappa shape index (κ1) is 23.6. The van der Waals surface area contributed by atoms with Crippen molar-refractivity contribution in [1.29, 1.82) is 5.26 Å². The summed E-state index contributed by atoms with van der Waals surface area (Å²) in [5.74, 6) is 0.186. The van der Waals surface area contributed by atoms with Crippen LogP contribution in [0.4, 0.5) is 0 Å². The number of carbonyl (C=O) groups is 1. The van der Waals surface area contributed by atoms with Crippen molar-refractivity contribution in [1.82, 2.24) is 9.55 Å². The highest BCUT2D eigenvalue weighted by Crippen LogP contribution is 2.31. The minimum absolute atomic E-state index is 0.102. The molecule has 1 aromatic heterocycles. The molecule has 1 aliphatic rings. The number of carbonyl (C=O) groups excluding carboxylic acids is 1. The predicted octanol–water partition coefficient (Wildman–Crippen LogP) is 6.21. The second-order valence-corrected chi connectivity index (χ2v) is 15.8. The molecule has 3 rings (SSSR count). The molecule has 2 aromatic rings. The van der Waals surface area contributed by atoms with E-state index in [9.17, 15) is 10.1 Å². The third-order valence-electron chi connectivity index (χ3n) is 5.43. The van der Waals surface area contributed by atoms with Crippen LogP contribution in [0.1, 0.15) is 53.1 Å². The lowest BCUT2D eigenvalue weighted by Gasteiger charge is -2.17. The molecule has 7 heteroatoms. The molecule has 0 aliphatic heterocycles. The average molecular weight is 501 g/mol. The molecule has 1 aliphatic carbocycles. The van der Waals surface area contributed by atoms with Crippen molar-refractivity contribution in [3.05, 3.63) is 57.6 Å². The molecular formula is C24H30BrN3O2Si. The number of ether oxygens (including phenoxy) is 1. The predicted molar refractivity (Wildman–Crippen MR) is 130 cm³/mol. The molecular weight excluding hydrogens is 470 g/mol. The first-order chi connectivity index (χ1) is 14.8. The van der Waals surface area contributed by atoms with E-state index in [-0.39, 0.29) is 30.5 Å². The normalized spacial score (nSPS) is 14.2. The van der Waals surface area contributed by atoms with Crippen LogP contribution in [0.3, 0.4) is 0 Å². The quantitative estimate of drug-likeness (QED) is 0.233. The van der Waals surface area contributed by atoms with E-state index in [1.54, 1.807) is 10.8 Å². The van der Waals surface area contributed by atoms with Gasteiger partial charge < -0.3 is 9.30 Å². The maximum Gasteiger partial charge on any atom is 0.202 e. The highest BCUT2D eigenvalue weighted by Gasteiger charge is 2.20. The Kier molecular flexibility index (Phi) is 8.04. The first-order valence-corrected chi connectivity index (χ1v) is 15.3. The molecule has 5 nitrogen and oxygen atoms in total. The number of rotatable bonds is 9. The summed E-state index contributed by atoms with van der Waals surface area (Å²) in [6.07, 6.45) is 8.66. The Balaban J connectivity index is 1.78. The fraction of sp³-hybridized carbons (Fsp3) is 0.458. The monoisotopic (exact) mass is 499 g/mol. The molecule has 0 radical (unpaired) electrons. The van der Waals surface area contributed by atoms with Crippen LogP contribution in [0.5, 0.6) is 0 Å². The molecule has 164 valence electrons. The van der Waals surface area contributed by atoms with Gasteiger partial charge in [-0.05, 0) is 60.6 Å². The lowest BCUT2D eigenvalue weighted by Crippen LogP contribution is -2.22. The van der Waals surface area contributed by atoms with Crippen LogP contribution in [-0.2, 0) is 17.9 Å². The molecule has 0 unspecified atom stereocenters. The molecule has 0 saturated heterocycles. The standard InChI is InChI=1S/C24H30BrN3O2Si/c1-31(2,3)12-11-30-17-28-16-21(15-26)27-24(28)23(29)13-19-9-10-20(25)14-22(19)18-7-5-4-6-8-18/h7,9-10,14,16H,4-6,8,11-13,17H2,1-3H3. The summed E-state index contributed by atoms with van der Waals surface area (Å²) in [6.45, 7) is 7.78. The number of imidazole rings is 1. The Bertz CT molecular complexity index is 1010. The number of halogens is 1. The van der Waals surface area contributed by atoms with Gasteiger partial charge in [0.05, 0.1) is 0 Å². The van der Waals surface area contributed by atoms with Crippen LogP contribution < -0.4 is 0 Å². The van der Waals surface area contributed by atoms with Crippen LogP contribution in [0.2, 0.25) is 25.7 Å². The summed E-state index contributed by atoms with van der Waals surface area (Å²) in [5, 5.41) is 9.28. The van der Waals surface area contributed by atoms with Gasteiger partial charge in [0, 0.05) is 31.8 Å². The van der Waals surface area contributed by atoms with Gasteiger partial charge in [-0.25, -0.2) is 4.98 Å². The maximum absolute atomic E-state index is 13.2. The van der Waals surface area contributed by atoms with E-state index in [2.05, 4.69) is 52.7 Å². The van der Waals surface area contributed by atoms with Crippen molar-refractivity contribution in [3.8, 4) is 6.07 Å². The van der Waals surface area contributed by atoms with Gasteiger partial charge in [-0.2, -0.15) is 5.26 Å². The Morgan fingerprint density at radius 3 is 2.81 bits per heavy atom. The third-order valence-corrected chi connectivity index (χ3v) is 7.62. The minimum Gasteiger partial charge on any atom is -0.361 e. The van der Waals surface area contributed by atoms with E-state index in [4.69, 9.17) is 4.74 Å². The van der Waals surface area contributed by atoms with Crippen molar-refractivity contribution >= 4 is 35.4 Å². The van der Waals surface area contributed by atoms with E-state index in [0.29, 0.717) is 6.61 Å². The average Bonchev–Trinajstić information content (AvgIpc) is 3.16. The molecule has 0 bridgehead atoms. The number of nitrogens with zero attached hydrogens (tertiary/aromatic N) is 3. The minimum atomic E-state index is -1.19. The Morgan fingerprint density at radius 2 is 2.13 bits per heavy atom. The summed E-state index contributed by atoms with van der Waals surface area (Å²) >= 11 is 3.57. The number of hydrogen-bond donors (Lipinski definition) is 0. The van der Waals surface area contributed by atoms with E-state index in [1.165, 1.54) is 18.4 Å². The van der Waals surface area contributed by atoms with Gasteiger partial charge in [0.15, 0.2) is 11.5 Å². The number of nitriles is 1. The molecule has 31 heavy (non-hydrogen) atoms. The fourth-order valence-corrected chi connectivity index (χ4v) is 4.79. The molecule has 1 heterocycles. The van der Waals surface area contributed by atoms with Gasteiger partial charge in [-0.15, -0.1) is 0 Å². The maximum atomic E-state index is 13.2. The second-order valence-electron chi connectivity index (χ2n) is 9.26. The van der Waals surface area contributed by atoms with Crippen molar-refractivity contribution in [3.63, 3.8) is 0 Å². The highest BCUT2D eigenvalue weighted by atomic mass is 79.9. The van der Waals surface area contributed by atoms with Crippen molar-refractivity contribution in [2.45, 2.75) is 64.5 Å². The van der Waals surface area contributed by atoms with Crippen LogP contribution in [0.15, 0.2) is 34.9 Å². The summed E-state index contributed by atoms with van der Waals surface area (Å²) in [4.78, 5) is 17.5. The topological polar surface area (TPSA) is 67.9 Å². The number of allylic oxidation sites excluding steroid dienone is 2.